The number of rotatable bonds is 5. The molecule has 0 spiro atoms. The number of hydrogen-bond donors (Lipinski definition) is 1. The smallest absolute Gasteiger partial charge is 0.242 e. The molecule has 3 aromatic rings. The molecule has 0 saturated carbocycles. The summed E-state index contributed by atoms with van der Waals surface area (Å²) in [5.41, 5.74) is 1.65. The van der Waals surface area contributed by atoms with Crippen molar-refractivity contribution >= 4 is 40.1 Å². The van der Waals surface area contributed by atoms with Crippen molar-refractivity contribution in [3.63, 3.8) is 0 Å². The minimum atomic E-state index is 0. The van der Waals surface area contributed by atoms with Crippen molar-refractivity contribution in [3.05, 3.63) is 58.8 Å². The Morgan fingerprint density at radius 3 is 2.25 bits per heavy atom. The molecule has 4 rings (SSSR count). The van der Waals surface area contributed by atoms with E-state index in [9.17, 15) is 9.59 Å². The van der Waals surface area contributed by atoms with Crippen LogP contribution in [0.5, 0.6) is 0 Å². The first-order valence-electron chi connectivity index (χ1n) is 9.71. The van der Waals surface area contributed by atoms with Crippen LogP contribution in [0.25, 0.3) is 21.8 Å². The van der Waals surface area contributed by atoms with Gasteiger partial charge < -0.3 is 14.8 Å². The summed E-state index contributed by atoms with van der Waals surface area (Å²) in [7, 11) is 0. The van der Waals surface area contributed by atoms with E-state index in [2.05, 4.69) is 12.2 Å². The number of hydrogen-bond acceptors (Lipinski definition) is 3. The first-order valence-corrected chi connectivity index (χ1v) is 9.71. The van der Waals surface area contributed by atoms with Gasteiger partial charge in [0.1, 0.15) is 6.54 Å². The highest BCUT2D eigenvalue weighted by molar-refractivity contribution is 5.94. The van der Waals surface area contributed by atoms with E-state index in [0.717, 1.165) is 43.5 Å². The van der Waals surface area contributed by atoms with Gasteiger partial charge in [-0.2, -0.15) is 0 Å². The van der Waals surface area contributed by atoms with E-state index < -0.39 is 0 Å². The number of halogens is 1. The maximum absolute atomic E-state index is 13.3. The Kier molecular flexibility index (Phi) is 6.37. The standard InChI is InChI=1S/C22H25N3O2.ClH/c1-2-13-24(16-11-12-23-14-16)21(26)15-25-19-9-5-3-7-17(19)22(27)18-8-4-6-10-20(18)25;/h3-10,16,23H,2,11-15H2,1H3;1H. The Morgan fingerprint density at radius 1 is 1.11 bits per heavy atom. The van der Waals surface area contributed by atoms with E-state index in [1.807, 2.05) is 58.0 Å². The molecule has 1 amide bonds. The molecule has 1 aliphatic heterocycles. The number of carbonyl (C=O) groups is 1. The molecule has 1 aliphatic rings. The molecule has 0 bridgehead atoms. The summed E-state index contributed by atoms with van der Waals surface area (Å²) in [4.78, 5) is 28.1. The fraction of sp³-hybridized carbons (Fsp3) is 0.364. The molecule has 1 N–H and O–H groups in total. The third-order valence-electron chi connectivity index (χ3n) is 5.43. The lowest BCUT2D eigenvalue weighted by atomic mass is 10.1. The molecule has 1 unspecified atom stereocenters. The van der Waals surface area contributed by atoms with Crippen molar-refractivity contribution in [1.82, 2.24) is 14.8 Å². The molecule has 148 valence electrons. The molecular weight excluding hydrogens is 374 g/mol. The fourth-order valence-corrected chi connectivity index (χ4v) is 4.13. The van der Waals surface area contributed by atoms with Gasteiger partial charge in [0.15, 0.2) is 5.43 Å². The summed E-state index contributed by atoms with van der Waals surface area (Å²) >= 11 is 0. The molecule has 5 nitrogen and oxygen atoms in total. The maximum atomic E-state index is 13.3. The Morgan fingerprint density at radius 2 is 1.71 bits per heavy atom. The lowest BCUT2D eigenvalue weighted by Gasteiger charge is -2.29. The second-order valence-corrected chi connectivity index (χ2v) is 7.18. The molecule has 0 radical (unpaired) electrons. The van der Waals surface area contributed by atoms with E-state index >= 15 is 0 Å². The summed E-state index contributed by atoms with van der Waals surface area (Å²) in [6.07, 6.45) is 1.94. The summed E-state index contributed by atoms with van der Waals surface area (Å²) < 4.78 is 2.00. The second-order valence-electron chi connectivity index (χ2n) is 7.18. The number of nitrogens with one attached hydrogen (secondary N) is 1. The van der Waals surface area contributed by atoms with Gasteiger partial charge in [0.05, 0.1) is 11.0 Å². The number of para-hydroxylation sites is 2. The molecule has 1 aromatic heterocycles. The van der Waals surface area contributed by atoms with Crippen LogP contribution in [0, 0.1) is 0 Å². The molecule has 6 heteroatoms. The largest absolute Gasteiger partial charge is 0.337 e. The molecule has 1 saturated heterocycles. The fourth-order valence-electron chi connectivity index (χ4n) is 4.13. The van der Waals surface area contributed by atoms with Crippen molar-refractivity contribution in [2.24, 2.45) is 0 Å². The molecule has 28 heavy (non-hydrogen) atoms. The number of amides is 1. The summed E-state index contributed by atoms with van der Waals surface area (Å²) in [5.74, 6) is 0.115. The van der Waals surface area contributed by atoms with Crippen LogP contribution in [0.15, 0.2) is 53.3 Å². The number of pyridine rings is 1. The molecule has 0 aliphatic carbocycles. The molecular formula is C22H26ClN3O2. The topological polar surface area (TPSA) is 54.3 Å². The van der Waals surface area contributed by atoms with E-state index in [1.165, 1.54) is 0 Å². The average Bonchev–Trinajstić information content (AvgIpc) is 3.23. The quantitative estimate of drug-likeness (QED) is 0.670. The van der Waals surface area contributed by atoms with Crippen LogP contribution < -0.4 is 10.7 Å². The van der Waals surface area contributed by atoms with Crippen LogP contribution in [0.2, 0.25) is 0 Å². The molecule has 2 heterocycles. The predicted octanol–water partition coefficient (Wildman–Crippen LogP) is 3.18. The minimum Gasteiger partial charge on any atom is -0.337 e. The predicted molar refractivity (Wildman–Crippen MR) is 116 cm³/mol. The Balaban J connectivity index is 0.00000225. The molecule has 1 atom stereocenters. The second kappa shape index (κ2) is 8.76. The third-order valence-corrected chi connectivity index (χ3v) is 5.43. The highest BCUT2D eigenvalue weighted by atomic mass is 35.5. The van der Waals surface area contributed by atoms with E-state index in [-0.39, 0.29) is 36.3 Å². The zero-order chi connectivity index (χ0) is 18.8. The van der Waals surface area contributed by atoms with E-state index in [1.54, 1.807) is 0 Å². The first-order chi connectivity index (χ1) is 13.2. The van der Waals surface area contributed by atoms with Crippen molar-refractivity contribution < 1.29 is 4.79 Å². The molecule has 2 aromatic carbocycles. The highest BCUT2D eigenvalue weighted by Crippen LogP contribution is 2.20. The summed E-state index contributed by atoms with van der Waals surface area (Å²) in [6, 6.07) is 15.4. The van der Waals surface area contributed by atoms with Crippen LogP contribution in [0.3, 0.4) is 0 Å². The van der Waals surface area contributed by atoms with Crippen LogP contribution in [0.4, 0.5) is 0 Å². The minimum absolute atomic E-state index is 0. The molecule has 1 fully saturated rings. The maximum Gasteiger partial charge on any atom is 0.242 e. The monoisotopic (exact) mass is 399 g/mol. The number of benzene rings is 2. The Bertz CT molecular complexity index is 981. The van der Waals surface area contributed by atoms with Crippen molar-refractivity contribution in [3.8, 4) is 0 Å². The number of aromatic nitrogens is 1. The van der Waals surface area contributed by atoms with Gasteiger partial charge in [0, 0.05) is 29.9 Å². The van der Waals surface area contributed by atoms with Gasteiger partial charge in [-0.3, -0.25) is 9.59 Å². The third kappa shape index (κ3) is 3.64. The van der Waals surface area contributed by atoms with Gasteiger partial charge >= 0.3 is 0 Å². The Labute approximate surface area is 170 Å². The van der Waals surface area contributed by atoms with E-state index in [0.29, 0.717) is 10.8 Å². The summed E-state index contributed by atoms with van der Waals surface area (Å²) in [6.45, 7) is 4.94. The van der Waals surface area contributed by atoms with Crippen molar-refractivity contribution in [2.45, 2.75) is 32.4 Å². The highest BCUT2D eigenvalue weighted by Gasteiger charge is 2.26. The number of nitrogens with zero attached hydrogens (tertiary/aromatic N) is 2. The first kappa shape index (κ1) is 20.4. The van der Waals surface area contributed by atoms with Gasteiger partial charge in [-0.15, -0.1) is 12.4 Å². The van der Waals surface area contributed by atoms with Crippen LogP contribution in [-0.4, -0.2) is 41.1 Å². The van der Waals surface area contributed by atoms with Gasteiger partial charge in [-0.05, 0) is 43.7 Å². The number of carbonyl (C=O) groups excluding carboxylic acids is 1. The van der Waals surface area contributed by atoms with Crippen LogP contribution in [-0.2, 0) is 11.3 Å². The van der Waals surface area contributed by atoms with Gasteiger partial charge in [-0.1, -0.05) is 31.2 Å². The van der Waals surface area contributed by atoms with Crippen LogP contribution in [0.1, 0.15) is 19.8 Å². The summed E-state index contributed by atoms with van der Waals surface area (Å²) in [5, 5.41) is 4.68. The van der Waals surface area contributed by atoms with Crippen molar-refractivity contribution in [2.75, 3.05) is 19.6 Å². The van der Waals surface area contributed by atoms with Gasteiger partial charge in [0.2, 0.25) is 5.91 Å². The van der Waals surface area contributed by atoms with Gasteiger partial charge in [-0.25, -0.2) is 0 Å². The normalized spacial score (nSPS) is 16.2. The zero-order valence-corrected chi connectivity index (χ0v) is 16.9. The number of fused-ring (bicyclic) bond motifs is 2. The van der Waals surface area contributed by atoms with Gasteiger partial charge in [0.25, 0.3) is 0 Å². The zero-order valence-electron chi connectivity index (χ0n) is 16.1. The Hall–Kier alpha value is -2.37. The lowest BCUT2D eigenvalue weighted by molar-refractivity contribution is -0.133. The van der Waals surface area contributed by atoms with Crippen molar-refractivity contribution in [1.29, 1.82) is 0 Å². The van der Waals surface area contributed by atoms with E-state index in [4.69, 9.17) is 0 Å². The SMILES string of the molecule is CCCN(C(=O)Cn1c2ccccc2c(=O)c2ccccc21)C1CCNC1.Cl. The lowest BCUT2D eigenvalue weighted by Crippen LogP contribution is -2.43. The van der Waals surface area contributed by atoms with Crippen LogP contribution >= 0.6 is 12.4 Å². The average molecular weight is 400 g/mol.